The number of fused-ring (bicyclic) bond motifs is 3. The maximum absolute atomic E-state index is 15.2. The summed E-state index contributed by atoms with van der Waals surface area (Å²) in [6.07, 6.45) is 12.1. The van der Waals surface area contributed by atoms with Gasteiger partial charge in [0, 0.05) is 16.7 Å². The van der Waals surface area contributed by atoms with E-state index in [1.807, 2.05) is 0 Å². The van der Waals surface area contributed by atoms with Crippen LogP contribution < -0.4 is 4.74 Å². The fourth-order valence-corrected chi connectivity index (χ4v) is 6.02. The van der Waals surface area contributed by atoms with Crippen molar-refractivity contribution in [2.75, 3.05) is 6.61 Å². The summed E-state index contributed by atoms with van der Waals surface area (Å²) < 4.78 is 70.8. The minimum atomic E-state index is -1.21. The summed E-state index contributed by atoms with van der Waals surface area (Å²) in [6, 6.07) is 2.94. The summed E-state index contributed by atoms with van der Waals surface area (Å²) >= 11 is 0. The molecule has 1 heterocycles. The normalized spacial score (nSPS) is 22.9. The van der Waals surface area contributed by atoms with Crippen molar-refractivity contribution in [3.63, 3.8) is 0 Å². The van der Waals surface area contributed by atoms with Gasteiger partial charge in [0.1, 0.15) is 0 Å². The number of hydrogen-bond acceptors (Lipinski definition) is 2. The molecule has 1 atom stereocenters. The Morgan fingerprint density at radius 1 is 0.917 bits per heavy atom. The van der Waals surface area contributed by atoms with E-state index in [2.05, 4.69) is 12.7 Å². The largest absolute Gasteiger partial charge is 0.498 e. The van der Waals surface area contributed by atoms with Gasteiger partial charge in [-0.15, -0.1) is 6.58 Å². The Labute approximate surface area is 210 Å². The molecule has 0 radical (unpaired) electrons. The highest BCUT2D eigenvalue weighted by molar-refractivity contribution is 5.81. The molecule has 2 aromatic carbocycles. The minimum Gasteiger partial charge on any atom is -0.498 e. The second-order valence-corrected chi connectivity index (χ2v) is 10.3. The predicted molar refractivity (Wildman–Crippen MR) is 133 cm³/mol. The van der Waals surface area contributed by atoms with E-state index in [1.165, 1.54) is 31.7 Å². The van der Waals surface area contributed by atoms with Crippen LogP contribution in [-0.4, -0.2) is 12.7 Å². The molecule has 0 spiro atoms. The number of allylic oxidation sites excluding steroid dienone is 2. The molecule has 3 aliphatic rings. The van der Waals surface area contributed by atoms with Crippen LogP contribution in [0.5, 0.6) is 5.75 Å². The van der Waals surface area contributed by atoms with E-state index >= 15 is 8.78 Å². The van der Waals surface area contributed by atoms with Crippen molar-refractivity contribution in [2.24, 2.45) is 11.8 Å². The molecule has 2 aliphatic carbocycles. The van der Waals surface area contributed by atoms with E-state index < -0.39 is 23.3 Å². The van der Waals surface area contributed by atoms with E-state index in [0.717, 1.165) is 19.3 Å². The van der Waals surface area contributed by atoms with Crippen LogP contribution in [0.2, 0.25) is 0 Å². The lowest BCUT2D eigenvalue weighted by atomic mass is 9.79. The molecular weight excluding hydrogens is 468 g/mol. The number of benzene rings is 2. The predicted octanol–water partition coefficient (Wildman–Crippen LogP) is 8.51. The first-order valence-electron chi connectivity index (χ1n) is 13.0. The molecular formula is C30H32F4O2. The van der Waals surface area contributed by atoms with Crippen molar-refractivity contribution in [1.82, 2.24) is 0 Å². The third-order valence-corrected chi connectivity index (χ3v) is 8.08. The van der Waals surface area contributed by atoms with E-state index in [-0.39, 0.29) is 41.6 Å². The summed E-state index contributed by atoms with van der Waals surface area (Å²) in [4.78, 5) is 0. The SMILES string of the molecule is C=CC1CCC(CCC2CCC(c3cc4c(c(F)c3F)-c3c(cc(OCC)c(F)c3F)C4)=CO2)CC1. The average Bonchev–Trinajstić information content (AvgIpc) is 3.27. The summed E-state index contributed by atoms with van der Waals surface area (Å²) in [7, 11) is 0. The van der Waals surface area contributed by atoms with Gasteiger partial charge in [-0.3, -0.25) is 0 Å². The molecule has 0 N–H and O–H groups in total. The minimum absolute atomic E-state index is 0.0755. The Morgan fingerprint density at radius 2 is 1.61 bits per heavy atom. The molecule has 1 saturated carbocycles. The van der Waals surface area contributed by atoms with Gasteiger partial charge in [-0.2, -0.15) is 4.39 Å². The highest BCUT2D eigenvalue weighted by atomic mass is 19.2. The molecule has 36 heavy (non-hydrogen) atoms. The molecule has 0 aromatic heterocycles. The van der Waals surface area contributed by atoms with E-state index in [0.29, 0.717) is 35.0 Å². The first-order valence-corrected chi connectivity index (χ1v) is 13.0. The average molecular weight is 501 g/mol. The van der Waals surface area contributed by atoms with Gasteiger partial charge >= 0.3 is 0 Å². The van der Waals surface area contributed by atoms with Crippen LogP contribution in [0.3, 0.4) is 0 Å². The monoisotopic (exact) mass is 500 g/mol. The molecule has 2 nitrogen and oxygen atoms in total. The Balaban J connectivity index is 1.31. The van der Waals surface area contributed by atoms with E-state index in [1.54, 1.807) is 19.3 Å². The zero-order chi connectivity index (χ0) is 25.4. The first-order chi connectivity index (χ1) is 17.4. The second kappa shape index (κ2) is 10.3. The van der Waals surface area contributed by atoms with Crippen LogP contribution in [0.4, 0.5) is 17.6 Å². The lowest BCUT2D eigenvalue weighted by molar-refractivity contribution is 0.107. The smallest absolute Gasteiger partial charge is 0.201 e. The highest BCUT2D eigenvalue weighted by Gasteiger charge is 2.33. The molecule has 0 bridgehead atoms. The third-order valence-electron chi connectivity index (χ3n) is 8.08. The van der Waals surface area contributed by atoms with E-state index in [4.69, 9.17) is 9.47 Å². The van der Waals surface area contributed by atoms with Gasteiger partial charge in [0.05, 0.1) is 19.0 Å². The number of hydrogen-bond donors (Lipinski definition) is 0. The molecule has 1 fully saturated rings. The van der Waals surface area contributed by atoms with Crippen LogP contribution in [-0.2, 0) is 11.2 Å². The van der Waals surface area contributed by atoms with Crippen LogP contribution in [0.1, 0.15) is 75.0 Å². The van der Waals surface area contributed by atoms with Crippen molar-refractivity contribution < 1.29 is 27.0 Å². The topological polar surface area (TPSA) is 18.5 Å². The molecule has 0 saturated heterocycles. The molecule has 0 amide bonds. The second-order valence-electron chi connectivity index (χ2n) is 10.3. The molecule has 1 unspecified atom stereocenters. The van der Waals surface area contributed by atoms with Crippen LogP contribution in [0, 0.1) is 35.1 Å². The van der Waals surface area contributed by atoms with Crippen LogP contribution in [0.15, 0.2) is 31.0 Å². The van der Waals surface area contributed by atoms with Gasteiger partial charge in [0.25, 0.3) is 0 Å². The Kier molecular flexibility index (Phi) is 7.14. The standard InChI is InChI=1S/C30H32F4O2/c1-3-17-5-7-18(8-6-17)9-11-22-12-10-19(16-36-22)23-14-20-13-21-15-24(35-4-2)28(32)30(34)26(21)25(20)29(33)27(23)31/h3,14-18,22H,1,4-13H2,2H3. The maximum atomic E-state index is 15.2. The maximum Gasteiger partial charge on any atom is 0.201 e. The van der Waals surface area contributed by atoms with Crippen molar-refractivity contribution >= 4 is 5.57 Å². The van der Waals surface area contributed by atoms with Crippen molar-refractivity contribution in [2.45, 2.75) is 70.8 Å². The summed E-state index contributed by atoms with van der Waals surface area (Å²) in [5.74, 6) is -3.45. The van der Waals surface area contributed by atoms with Gasteiger partial charge in [-0.05, 0) is 105 Å². The summed E-state index contributed by atoms with van der Waals surface area (Å²) in [5.41, 5.74) is 1.13. The zero-order valence-electron chi connectivity index (χ0n) is 20.6. The quantitative estimate of drug-likeness (QED) is 0.239. The van der Waals surface area contributed by atoms with Gasteiger partial charge in [-0.25, -0.2) is 13.2 Å². The van der Waals surface area contributed by atoms with Crippen molar-refractivity contribution in [3.8, 4) is 16.9 Å². The number of rotatable bonds is 7. The number of ether oxygens (including phenoxy) is 2. The van der Waals surface area contributed by atoms with Crippen LogP contribution in [0.25, 0.3) is 16.7 Å². The molecule has 2 aromatic rings. The van der Waals surface area contributed by atoms with Crippen LogP contribution >= 0.6 is 0 Å². The molecule has 192 valence electrons. The Bertz CT molecular complexity index is 1190. The molecule has 1 aliphatic heterocycles. The number of halogens is 4. The lowest BCUT2D eigenvalue weighted by Crippen LogP contribution is -2.19. The lowest BCUT2D eigenvalue weighted by Gasteiger charge is -2.29. The van der Waals surface area contributed by atoms with Gasteiger partial charge in [0.15, 0.2) is 23.2 Å². The van der Waals surface area contributed by atoms with Crippen molar-refractivity contribution in [1.29, 1.82) is 0 Å². The summed E-state index contributed by atoms with van der Waals surface area (Å²) in [5, 5.41) is 0. The Hall–Kier alpha value is -2.76. The fraction of sp³-hybridized carbons (Fsp3) is 0.467. The van der Waals surface area contributed by atoms with Crippen molar-refractivity contribution in [3.05, 3.63) is 71.0 Å². The third kappa shape index (κ3) is 4.55. The van der Waals surface area contributed by atoms with Gasteiger partial charge in [-0.1, -0.05) is 6.08 Å². The van der Waals surface area contributed by atoms with E-state index in [9.17, 15) is 8.78 Å². The zero-order valence-corrected chi connectivity index (χ0v) is 20.6. The van der Waals surface area contributed by atoms with Gasteiger partial charge in [0.2, 0.25) is 5.82 Å². The summed E-state index contributed by atoms with van der Waals surface area (Å²) in [6.45, 7) is 5.74. The van der Waals surface area contributed by atoms with Gasteiger partial charge < -0.3 is 9.47 Å². The molecule has 5 rings (SSSR count). The Morgan fingerprint density at radius 3 is 2.25 bits per heavy atom. The fourth-order valence-electron chi connectivity index (χ4n) is 6.02. The first kappa shape index (κ1) is 24.9. The highest BCUT2D eigenvalue weighted by Crippen LogP contribution is 2.46. The molecule has 6 heteroatoms.